The van der Waals surface area contributed by atoms with E-state index in [-0.39, 0.29) is 26.3 Å². The summed E-state index contributed by atoms with van der Waals surface area (Å²) in [5, 5.41) is 0. The van der Waals surface area contributed by atoms with Crippen molar-refractivity contribution in [1.29, 1.82) is 0 Å². The SMILES string of the molecule is CC(=Nc1ccc(N=C(C)c2cccc(C(C)=Nc3cc(C)ccc3C)n2)cc1)c1cccc(C(C)=Nc2cc(C)ccc2C)n1.[Cl][Fe][Cl].[Cl][Fe][Cl]. The van der Waals surface area contributed by atoms with E-state index in [1.807, 2.05) is 88.4 Å². The monoisotopic (exact) mass is 856 g/mol. The van der Waals surface area contributed by atoms with Gasteiger partial charge in [0.25, 0.3) is 0 Å². The quantitative estimate of drug-likeness (QED) is 0.115. The number of hydrogen-bond acceptors (Lipinski definition) is 6. The van der Waals surface area contributed by atoms with E-state index in [1.165, 1.54) is 11.1 Å². The number of benzene rings is 3. The van der Waals surface area contributed by atoms with Crippen LogP contribution in [0.1, 0.15) is 72.7 Å². The summed E-state index contributed by atoms with van der Waals surface area (Å²) in [6.07, 6.45) is 0. The number of aliphatic imine (C=N–C) groups is 4. The second-order valence-electron chi connectivity index (χ2n) is 11.8. The molecule has 2 aromatic heterocycles. The molecule has 274 valence electrons. The van der Waals surface area contributed by atoms with Gasteiger partial charge in [-0.25, -0.2) is 9.97 Å². The molecule has 0 radical (unpaired) electrons. The van der Waals surface area contributed by atoms with Gasteiger partial charge in [0, 0.05) is 0 Å². The first-order chi connectivity index (χ1) is 24.9. The van der Waals surface area contributed by atoms with E-state index in [1.54, 1.807) is 0 Å². The van der Waals surface area contributed by atoms with Crippen molar-refractivity contribution >= 4 is 86.0 Å². The maximum absolute atomic E-state index is 4.86. The molecule has 0 unspecified atom stereocenters. The summed E-state index contributed by atoms with van der Waals surface area (Å²) >= 11 is 0.389. The van der Waals surface area contributed by atoms with Crippen LogP contribution < -0.4 is 0 Å². The molecule has 0 spiro atoms. The molecule has 0 fully saturated rings. The Bertz CT molecular complexity index is 1930. The zero-order valence-corrected chi connectivity index (χ0v) is 35.4. The molecule has 0 aliphatic heterocycles. The van der Waals surface area contributed by atoms with Crippen LogP contribution in [0.4, 0.5) is 22.7 Å². The number of hydrogen-bond donors (Lipinski definition) is 0. The Balaban J connectivity index is 0.00000114. The van der Waals surface area contributed by atoms with Gasteiger partial charge in [-0.1, -0.05) is 36.4 Å². The first kappa shape index (κ1) is 43.2. The molecule has 0 aliphatic carbocycles. The van der Waals surface area contributed by atoms with Crippen molar-refractivity contribution in [2.75, 3.05) is 0 Å². The van der Waals surface area contributed by atoms with E-state index in [0.29, 0.717) is 0 Å². The van der Waals surface area contributed by atoms with Gasteiger partial charge < -0.3 is 0 Å². The summed E-state index contributed by atoms with van der Waals surface area (Å²) < 4.78 is 0. The number of halogens is 4. The van der Waals surface area contributed by atoms with Crippen LogP contribution in [0.3, 0.4) is 0 Å². The van der Waals surface area contributed by atoms with Crippen LogP contribution in [-0.2, 0) is 26.3 Å². The topological polar surface area (TPSA) is 75.2 Å². The minimum atomic E-state index is 0.194. The van der Waals surface area contributed by atoms with Crippen molar-refractivity contribution < 1.29 is 26.3 Å². The second kappa shape index (κ2) is 22.1. The van der Waals surface area contributed by atoms with E-state index < -0.39 is 0 Å². The molecule has 12 heteroatoms. The van der Waals surface area contributed by atoms with Gasteiger partial charge in [-0.3, -0.25) is 20.0 Å². The molecule has 0 N–H and O–H groups in total. The predicted molar refractivity (Wildman–Crippen MR) is 218 cm³/mol. The zero-order chi connectivity index (χ0) is 38.2. The molecular weight excluding hydrogens is 818 g/mol. The predicted octanol–water partition coefficient (Wildman–Crippen LogP) is 13.0. The summed E-state index contributed by atoms with van der Waals surface area (Å²) in [5.41, 5.74) is 14.9. The van der Waals surface area contributed by atoms with Crippen molar-refractivity contribution in [3.63, 3.8) is 0 Å². The third kappa shape index (κ3) is 13.7. The van der Waals surface area contributed by atoms with Crippen LogP contribution in [-0.4, -0.2) is 32.8 Å². The molecule has 0 saturated carbocycles. The second-order valence-corrected chi connectivity index (χ2v) is 15.4. The summed E-state index contributed by atoms with van der Waals surface area (Å²) in [6.45, 7) is 16.2. The minimum absolute atomic E-state index is 0.194. The van der Waals surface area contributed by atoms with Gasteiger partial charge in [-0.2, -0.15) is 0 Å². The fourth-order valence-electron chi connectivity index (χ4n) is 4.93. The van der Waals surface area contributed by atoms with Crippen LogP contribution >= 0.6 is 40.4 Å². The zero-order valence-electron chi connectivity index (χ0n) is 30.1. The number of rotatable bonds is 8. The Morgan fingerprint density at radius 2 is 0.731 bits per heavy atom. The van der Waals surface area contributed by atoms with Gasteiger partial charge in [-0.05, 0) is 138 Å². The van der Waals surface area contributed by atoms with Crippen LogP contribution in [0.2, 0.25) is 0 Å². The number of pyridine rings is 2. The van der Waals surface area contributed by atoms with Crippen molar-refractivity contribution in [1.82, 2.24) is 9.97 Å². The standard InChI is InChI=1S/C40H40N6.4ClH.2Fe/c1-25-15-17-27(3)39(23-25)43-31(7)37-13-9-11-35(45-37)29(5)41-33-19-21-34(22-20-33)42-30(6)36-12-10-14-38(46-36)32(8)44-40-24-26(2)16-18-28(40)4;;;;;;/h9-24H,1-8H3;4*1H;;/q;;;;;2*+2/p-4. The molecule has 0 aliphatic rings. The summed E-state index contributed by atoms with van der Waals surface area (Å²) in [4.78, 5) is 29.1. The molecule has 0 bridgehead atoms. The molecule has 3 aromatic carbocycles. The Morgan fingerprint density at radius 1 is 0.442 bits per heavy atom. The van der Waals surface area contributed by atoms with Gasteiger partial charge in [0.05, 0.1) is 68.4 Å². The summed E-state index contributed by atoms with van der Waals surface area (Å²) in [7, 11) is 19.1. The van der Waals surface area contributed by atoms with Gasteiger partial charge in [0.1, 0.15) is 0 Å². The van der Waals surface area contributed by atoms with Crippen molar-refractivity contribution in [2.45, 2.75) is 55.4 Å². The van der Waals surface area contributed by atoms with Crippen LogP contribution in [0.25, 0.3) is 0 Å². The molecular formula is C40H40Cl4Fe2N6. The molecule has 0 atom stereocenters. The molecule has 52 heavy (non-hydrogen) atoms. The number of aryl methyl sites for hydroxylation is 4. The average Bonchev–Trinajstić information content (AvgIpc) is 3.13. The van der Waals surface area contributed by atoms with Crippen LogP contribution in [0, 0.1) is 27.7 Å². The normalized spacial score (nSPS) is 12.2. The molecule has 5 rings (SSSR count). The van der Waals surface area contributed by atoms with Gasteiger partial charge in [-0.15, -0.1) is 0 Å². The van der Waals surface area contributed by atoms with Crippen LogP contribution in [0.15, 0.2) is 117 Å². The first-order valence-corrected chi connectivity index (χ1v) is 22.1. The van der Waals surface area contributed by atoms with E-state index in [9.17, 15) is 0 Å². The third-order valence-electron chi connectivity index (χ3n) is 7.73. The van der Waals surface area contributed by atoms with Crippen molar-refractivity contribution in [3.05, 3.63) is 142 Å². The third-order valence-corrected chi connectivity index (χ3v) is 7.73. The number of aromatic nitrogens is 2. The van der Waals surface area contributed by atoms with E-state index in [0.717, 1.165) is 79.5 Å². The fraction of sp³-hybridized carbons (Fsp3) is 0.200. The van der Waals surface area contributed by atoms with E-state index in [2.05, 4.69) is 64.1 Å². The molecule has 5 aromatic rings. The van der Waals surface area contributed by atoms with Gasteiger partial charge >= 0.3 is 66.7 Å². The molecule has 2 heterocycles. The van der Waals surface area contributed by atoms with Crippen LogP contribution in [0.5, 0.6) is 0 Å². The van der Waals surface area contributed by atoms with Gasteiger partial charge in [0.2, 0.25) is 0 Å². The average molecular weight is 858 g/mol. The molecule has 0 amide bonds. The van der Waals surface area contributed by atoms with E-state index >= 15 is 0 Å². The summed E-state index contributed by atoms with van der Waals surface area (Å²) in [5.74, 6) is 0. The Kier molecular flexibility index (Phi) is 18.4. The molecule has 0 saturated heterocycles. The number of nitrogens with zero attached hydrogens (tertiary/aromatic N) is 6. The van der Waals surface area contributed by atoms with Gasteiger partial charge in [0.15, 0.2) is 0 Å². The van der Waals surface area contributed by atoms with Crippen molar-refractivity contribution in [3.8, 4) is 0 Å². The maximum atomic E-state index is 4.86. The fourth-order valence-corrected chi connectivity index (χ4v) is 4.93. The Morgan fingerprint density at radius 3 is 1.04 bits per heavy atom. The van der Waals surface area contributed by atoms with Crippen molar-refractivity contribution in [2.24, 2.45) is 20.0 Å². The van der Waals surface area contributed by atoms with E-state index in [4.69, 9.17) is 70.3 Å². The Labute approximate surface area is 337 Å². The first-order valence-electron chi connectivity index (χ1n) is 16.0. The Hall–Kier alpha value is -3.16. The summed E-state index contributed by atoms with van der Waals surface area (Å²) in [6, 6.07) is 32.4. The molecule has 6 nitrogen and oxygen atoms in total.